The second kappa shape index (κ2) is 5.30. The lowest BCUT2D eigenvalue weighted by molar-refractivity contribution is 0.0947. The summed E-state index contributed by atoms with van der Waals surface area (Å²) in [7, 11) is 0. The van der Waals surface area contributed by atoms with E-state index >= 15 is 0 Å². The molecule has 0 fully saturated rings. The summed E-state index contributed by atoms with van der Waals surface area (Å²) < 4.78 is 6.00. The molecule has 2 aromatic rings. The summed E-state index contributed by atoms with van der Waals surface area (Å²) in [4.78, 5) is 20.0. The van der Waals surface area contributed by atoms with Gasteiger partial charge in [-0.05, 0) is 41.9 Å². The fourth-order valence-electron chi connectivity index (χ4n) is 1.42. The van der Waals surface area contributed by atoms with E-state index in [9.17, 15) is 4.79 Å². The number of carbonyl (C=O) groups is 1. The number of hydrogen-bond donors (Lipinski definition) is 1. The van der Waals surface area contributed by atoms with Gasteiger partial charge < -0.3 is 9.73 Å². The Balaban J connectivity index is 2.00. The van der Waals surface area contributed by atoms with Gasteiger partial charge in [0.1, 0.15) is 10.4 Å². The molecule has 0 unspecified atom stereocenters. The van der Waals surface area contributed by atoms with Crippen LogP contribution in [0.5, 0.6) is 0 Å². The molecule has 94 valence electrons. The monoisotopic (exact) mass is 309 g/mol. The molecule has 0 bridgehead atoms. The Bertz CT molecular complexity index is 561. The van der Waals surface area contributed by atoms with Crippen molar-refractivity contribution in [1.82, 2.24) is 15.3 Å². The van der Waals surface area contributed by atoms with Crippen molar-refractivity contribution in [2.24, 2.45) is 0 Å². The number of hydrogen-bond acceptors (Lipinski definition) is 4. The van der Waals surface area contributed by atoms with Crippen molar-refractivity contribution < 1.29 is 9.21 Å². The van der Waals surface area contributed by atoms with Crippen LogP contribution < -0.4 is 5.32 Å². The van der Waals surface area contributed by atoms with Crippen molar-refractivity contribution in [2.75, 3.05) is 0 Å². The number of nitrogens with zero attached hydrogens (tertiary/aromatic N) is 2. The van der Waals surface area contributed by atoms with E-state index in [4.69, 9.17) is 4.42 Å². The Morgan fingerprint density at radius 2 is 2.28 bits per heavy atom. The van der Waals surface area contributed by atoms with E-state index in [1.807, 2.05) is 13.8 Å². The van der Waals surface area contributed by atoms with Gasteiger partial charge in [-0.15, -0.1) is 0 Å². The number of amides is 1. The zero-order chi connectivity index (χ0) is 13.1. The van der Waals surface area contributed by atoms with Crippen LogP contribution in [-0.4, -0.2) is 15.9 Å². The van der Waals surface area contributed by atoms with Gasteiger partial charge in [0.2, 0.25) is 5.89 Å². The van der Waals surface area contributed by atoms with Crippen LogP contribution in [0.15, 0.2) is 27.3 Å². The van der Waals surface area contributed by atoms with Crippen molar-refractivity contribution in [3.63, 3.8) is 0 Å². The number of nitrogens with one attached hydrogen (secondary N) is 1. The molecule has 0 saturated carbocycles. The smallest absolute Gasteiger partial charge is 0.251 e. The first kappa shape index (κ1) is 12.8. The summed E-state index contributed by atoms with van der Waals surface area (Å²) in [5, 5.41) is 2.74. The average Bonchev–Trinajstić information content (AvgIpc) is 2.66. The third kappa shape index (κ3) is 2.95. The van der Waals surface area contributed by atoms with Crippen LogP contribution in [0.1, 0.15) is 27.7 Å². The molecule has 0 radical (unpaired) electrons. The molecule has 5 nitrogen and oxygen atoms in total. The van der Waals surface area contributed by atoms with Gasteiger partial charge in [0, 0.05) is 11.8 Å². The van der Waals surface area contributed by atoms with Gasteiger partial charge in [-0.1, -0.05) is 0 Å². The maximum absolute atomic E-state index is 11.8. The number of aryl methyl sites for hydroxylation is 2. The second-order valence-corrected chi connectivity index (χ2v) is 4.61. The Kier molecular flexibility index (Phi) is 3.76. The van der Waals surface area contributed by atoms with Crippen LogP contribution in [0.25, 0.3) is 0 Å². The minimum Gasteiger partial charge on any atom is -0.444 e. The molecule has 0 spiro atoms. The Morgan fingerprint density at radius 3 is 2.89 bits per heavy atom. The van der Waals surface area contributed by atoms with Crippen LogP contribution in [0.2, 0.25) is 0 Å². The molecule has 0 atom stereocenters. The fraction of sp³-hybridized carbons (Fsp3) is 0.250. The van der Waals surface area contributed by atoms with E-state index in [1.165, 1.54) is 0 Å². The van der Waals surface area contributed by atoms with Crippen LogP contribution in [0.4, 0.5) is 0 Å². The highest BCUT2D eigenvalue weighted by molar-refractivity contribution is 9.10. The quantitative estimate of drug-likeness (QED) is 0.884. The van der Waals surface area contributed by atoms with Gasteiger partial charge in [-0.25, -0.2) is 9.97 Å². The van der Waals surface area contributed by atoms with E-state index in [1.54, 1.807) is 18.3 Å². The van der Waals surface area contributed by atoms with E-state index < -0.39 is 0 Å². The van der Waals surface area contributed by atoms with Crippen molar-refractivity contribution in [3.8, 4) is 0 Å². The summed E-state index contributed by atoms with van der Waals surface area (Å²) in [5.74, 6) is 1.09. The van der Waals surface area contributed by atoms with E-state index in [-0.39, 0.29) is 12.5 Å². The third-order valence-corrected chi connectivity index (χ3v) is 2.90. The van der Waals surface area contributed by atoms with Crippen molar-refractivity contribution in [1.29, 1.82) is 0 Å². The SMILES string of the molecule is Cc1nc(CNC(=O)c2ccnc(Br)c2)oc1C. The Hall–Kier alpha value is -1.69. The zero-order valence-electron chi connectivity index (χ0n) is 10.0. The number of aromatic nitrogens is 2. The van der Waals surface area contributed by atoms with Crippen LogP contribution in [-0.2, 0) is 6.54 Å². The number of pyridine rings is 1. The van der Waals surface area contributed by atoms with E-state index in [0.717, 1.165) is 11.5 Å². The molecule has 2 aromatic heterocycles. The normalized spacial score (nSPS) is 10.4. The summed E-state index contributed by atoms with van der Waals surface area (Å²) in [6, 6.07) is 3.30. The first-order valence-corrected chi connectivity index (χ1v) is 6.18. The van der Waals surface area contributed by atoms with Crippen molar-refractivity contribution >= 4 is 21.8 Å². The van der Waals surface area contributed by atoms with Gasteiger partial charge >= 0.3 is 0 Å². The van der Waals surface area contributed by atoms with E-state index in [0.29, 0.717) is 16.1 Å². The molecule has 0 aliphatic heterocycles. The summed E-state index contributed by atoms with van der Waals surface area (Å²) in [6.07, 6.45) is 1.57. The van der Waals surface area contributed by atoms with Gasteiger partial charge in [-0.2, -0.15) is 0 Å². The molecule has 6 heteroatoms. The number of oxazole rings is 1. The third-order valence-electron chi connectivity index (χ3n) is 2.46. The standard InChI is InChI=1S/C12H12BrN3O2/c1-7-8(2)18-11(16-7)6-15-12(17)9-3-4-14-10(13)5-9/h3-5H,6H2,1-2H3,(H,15,17). The predicted molar refractivity (Wildman–Crippen MR) is 69.1 cm³/mol. The highest BCUT2D eigenvalue weighted by Crippen LogP contribution is 2.10. The lowest BCUT2D eigenvalue weighted by Gasteiger charge is -2.02. The fourth-order valence-corrected chi connectivity index (χ4v) is 1.78. The first-order valence-electron chi connectivity index (χ1n) is 5.39. The highest BCUT2D eigenvalue weighted by Gasteiger charge is 2.09. The van der Waals surface area contributed by atoms with E-state index in [2.05, 4.69) is 31.2 Å². The minimum atomic E-state index is -0.188. The van der Waals surface area contributed by atoms with Crippen LogP contribution in [0, 0.1) is 13.8 Å². The lowest BCUT2D eigenvalue weighted by atomic mass is 10.2. The molecule has 2 heterocycles. The van der Waals surface area contributed by atoms with Gasteiger partial charge in [-0.3, -0.25) is 4.79 Å². The lowest BCUT2D eigenvalue weighted by Crippen LogP contribution is -2.23. The van der Waals surface area contributed by atoms with Gasteiger partial charge in [0.25, 0.3) is 5.91 Å². The molecular formula is C12H12BrN3O2. The molecule has 0 aromatic carbocycles. The molecular weight excluding hydrogens is 298 g/mol. The molecule has 0 aliphatic carbocycles. The highest BCUT2D eigenvalue weighted by atomic mass is 79.9. The summed E-state index contributed by atoms with van der Waals surface area (Å²) in [5.41, 5.74) is 1.38. The van der Waals surface area contributed by atoms with Gasteiger partial charge in [0.05, 0.1) is 12.2 Å². The molecule has 2 rings (SSSR count). The predicted octanol–water partition coefficient (Wildman–Crippen LogP) is 2.38. The van der Waals surface area contributed by atoms with Gasteiger partial charge in [0.15, 0.2) is 0 Å². The molecule has 1 amide bonds. The first-order chi connectivity index (χ1) is 8.56. The van der Waals surface area contributed by atoms with Crippen molar-refractivity contribution in [3.05, 3.63) is 45.8 Å². The number of rotatable bonds is 3. The van der Waals surface area contributed by atoms with Crippen LogP contribution >= 0.6 is 15.9 Å². The average molecular weight is 310 g/mol. The second-order valence-electron chi connectivity index (χ2n) is 3.80. The summed E-state index contributed by atoms with van der Waals surface area (Å²) >= 11 is 3.22. The Morgan fingerprint density at radius 1 is 1.50 bits per heavy atom. The number of halogens is 1. The van der Waals surface area contributed by atoms with Crippen molar-refractivity contribution in [2.45, 2.75) is 20.4 Å². The molecule has 0 aliphatic rings. The number of carbonyl (C=O) groups excluding carboxylic acids is 1. The largest absolute Gasteiger partial charge is 0.444 e. The zero-order valence-corrected chi connectivity index (χ0v) is 11.6. The topological polar surface area (TPSA) is 68.0 Å². The minimum absolute atomic E-state index is 0.188. The maximum Gasteiger partial charge on any atom is 0.251 e. The summed E-state index contributed by atoms with van der Waals surface area (Å²) in [6.45, 7) is 3.98. The molecule has 1 N–H and O–H groups in total. The maximum atomic E-state index is 11.8. The van der Waals surface area contributed by atoms with Crippen LogP contribution in [0.3, 0.4) is 0 Å². The Labute approximate surface area is 113 Å². The molecule has 18 heavy (non-hydrogen) atoms. The molecule has 0 saturated heterocycles.